The topological polar surface area (TPSA) is 49.3 Å². The lowest BCUT2D eigenvalue weighted by molar-refractivity contribution is -0.124. The number of nitrogens with one attached hydrogen (secondary N) is 1. The van der Waals surface area contributed by atoms with Gasteiger partial charge in [0.25, 0.3) is 0 Å². The van der Waals surface area contributed by atoms with Crippen LogP contribution in [0.15, 0.2) is 24.3 Å². The Balaban J connectivity index is 1.82. The molecule has 0 saturated heterocycles. The lowest BCUT2D eigenvalue weighted by Gasteiger charge is -2.14. The number of hydrogen-bond acceptors (Lipinski definition) is 2. The summed E-state index contributed by atoms with van der Waals surface area (Å²) in [6.45, 7) is 2.89. The van der Waals surface area contributed by atoms with Gasteiger partial charge in [-0.05, 0) is 36.3 Å². The summed E-state index contributed by atoms with van der Waals surface area (Å²) in [5.74, 6) is 0.572. The summed E-state index contributed by atoms with van der Waals surface area (Å²) in [6.07, 6.45) is 2.46. The Bertz CT molecular complexity index is 392. The van der Waals surface area contributed by atoms with Gasteiger partial charge in [0.2, 0.25) is 5.91 Å². The standard InChI is InChI=1S/C15H21NO2/c1-11(6-7-17)10-16-15(18)14-8-12-4-2-3-5-13(12)9-14/h2-5,11,14,17H,6-10H2,1H3,(H,16,18). The van der Waals surface area contributed by atoms with Gasteiger partial charge in [-0.2, -0.15) is 0 Å². The van der Waals surface area contributed by atoms with Gasteiger partial charge >= 0.3 is 0 Å². The molecule has 1 aliphatic rings. The number of carbonyl (C=O) groups excluding carboxylic acids is 1. The summed E-state index contributed by atoms with van der Waals surface area (Å²) in [5.41, 5.74) is 2.61. The molecule has 0 spiro atoms. The Hall–Kier alpha value is -1.35. The number of hydrogen-bond donors (Lipinski definition) is 2. The van der Waals surface area contributed by atoms with Crippen molar-refractivity contribution in [1.29, 1.82) is 0 Å². The van der Waals surface area contributed by atoms with Crippen LogP contribution in [-0.4, -0.2) is 24.2 Å². The number of benzene rings is 1. The van der Waals surface area contributed by atoms with Crippen LogP contribution in [0.25, 0.3) is 0 Å². The molecule has 0 aliphatic heterocycles. The van der Waals surface area contributed by atoms with Crippen LogP contribution in [0.3, 0.4) is 0 Å². The van der Waals surface area contributed by atoms with Gasteiger partial charge in [0.15, 0.2) is 0 Å². The first-order chi connectivity index (χ1) is 8.70. The van der Waals surface area contributed by atoms with Gasteiger partial charge in [-0.15, -0.1) is 0 Å². The molecule has 0 heterocycles. The zero-order chi connectivity index (χ0) is 13.0. The van der Waals surface area contributed by atoms with Crippen molar-refractivity contribution in [3.05, 3.63) is 35.4 Å². The second-order valence-electron chi connectivity index (χ2n) is 5.24. The summed E-state index contributed by atoms with van der Waals surface area (Å²) in [6, 6.07) is 8.28. The number of aliphatic hydroxyl groups excluding tert-OH is 1. The van der Waals surface area contributed by atoms with E-state index in [0.717, 1.165) is 19.3 Å². The summed E-state index contributed by atoms with van der Waals surface area (Å²) in [7, 11) is 0. The summed E-state index contributed by atoms with van der Waals surface area (Å²) in [4.78, 5) is 12.0. The molecule has 1 amide bonds. The highest BCUT2D eigenvalue weighted by Crippen LogP contribution is 2.26. The maximum absolute atomic E-state index is 12.0. The van der Waals surface area contributed by atoms with Crippen LogP contribution in [-0.2, 0) is 17.6 Å². The molecule has 3 nitrogen and oxygen atoms in total. The Morgan fingerprint density at radius 3 is 2.56 bits per heavy atom. The molecule has 1 aromatic rings. The third-order valence-corrected chi connectivity index (χ3v) is 3.67. The smallest absolute Gasteiger partial charge is 0.223 e. The number of amides is 1. The lowest BCUT2D eigenvalue weighted by atomic mass is 10.0. The molecule has 0 aromatic heterocycles. The van der Waals surface area contributed by atoms with Gasteiger partial charge in [-0.3, -0.25) is 4.79 Å². The average Bonchev–Trinajstić information content (AvgIpc) is 2.80. The number of aliphatic hydroxyl groups is 1. The van der Waals surface area contributed by atoms with Crippen molar-refractivity contribution in [3.8, 4) is 0 Å². The maximum atomic E-state index is 12.0. The molecule has 0 fully saturated rings. The molecule has 98 valence electrons. The van der Waals surface area contributed by atoms with Crippen LogP contribution in [0.2, 0.25) is 0 Å². The Morgan fingerprint density at radius 1 is 1.39 bits per heavy atom. The van der Waals surface area contributed by atoms with E-state index in [4.69, 9.17) is 5.11 Å². The molecular formula is C15H21NO2. The molecular weight excluding hydrogens is 226 g/mol. The SMILES string of the molecule is CC(CCO)CNC(=O)C1Cc2ccccc2C1. The van der Waals surface area contributed by atoms with Crippen LogP contribution in [0.1, 0.15) is 24.5 Å². The lowest BCUT2D eigenvalue weighted by Crippen LogP contribution is -2.34. The third kappa shape index (κ3) is 3.10. The average molecular weight is 247 g/mol. The second-order valence-corrected chi connectivity index (χ2v) is 5.24. The van der Waals surface area contributed by atoms with Crippen LogP contribution in [0, 0.1) is 11.8 Å². The molecule has 1 aliphatic carbocycles. The molecule has 3 heteroatoms. The molecule has 1 aromatic carbocycles. The van der Waals surface area contributed by atoms with Crippen molar-refractivity contribution in [1.82, 2.24) is 5.32 Å². The Kier molecular flexibility index (Phi) is 4.37. The van der Waals surface area contributed by atoms with Crippen LogP contribution >= 0.6 is 0 Å². The number of carbonyl (C=O) groups is 1. The molecule has 1 atom stereocenters. The van der Waals surface area contributed by atoms with Crippen molar-refractivity contribution in [2.75, 3.05) is 13.2 Å². The van der Waals surface area contributed by atoms with Gasteiger partial charge in [0, 0.05) is 19.1 Å². The minimum atomic E-state index is 0.0868. The number of rotatable bonds is 5. The zero-order valence-electron chi connectivity index (χ0n) is 10.9. The summed E-state index contributed by atoms with van der Waals surface area (Å²) >= 11 is 0. The fourth-order valence-corrected chi connectivity index (χ4v) is 2.49. The van der Waals surface area contributed by atoms with Gasteiger partial charge in [-0.1, -0.05) is 31.2 Å². The van der Waals surface area contributed by atoms with E-state index in [2.05, 4.69) is 17.4 Å². The normalized spacial score (nSPS) is 16.3. The second kappa shape index (κ2) is 6.01. The highest BCUT2D eigenvalue weighted by atomic mass is 16.3. The molecule has 18 heavy (non-hydrogen) atoms. The number of fused-ring (bicyclic) bond motifs is 1. The summed E-state index contributed by atoms with van der Waals surface area (Å²) < 4.78 is 0. The minimum Gasteiger partial charge on any atom is -0.396 e. The third-order valence-electron chi connectivity index (χ3n) is 3.67. The van der Waals surface area contributed by atoms with E-state index >= 15 is 0 Å². The van der Waals surface area contributed by atoms with E-state index < -0.39 is 0 Å². The van der Waals surface area contributed by atoms with Crippen molar-refractivity contribution >= 4 is 5.91 Å². The van der Waals surface area contributed by atoms with Gasteiger partial charge in [-0.25, -0.2) is 0 Å². The fourth-order valence-electron chi connectivity index (χ4n) is 2.49. The van der Waals surface area contributed by atoms with E-state index in [9.17, 15) is 4.79 Å². The molecule has 1 unspecified atom stereocenters. The van der Waals surface area contributed by atoms with Crippen molar-refractivity contribution in [2.24, 2.45) is 11.8 Å². The van der Waals surface area contributed by atoms with Gasteiger partial charge < -0.3 is 10.4 Å². The van der Waals surface area contributed by atoms with E-state index in [1.165, 1.54) is 11.1 Å². The molecule has 2 rings (SSSR count). The Morgan fingerprint density at radius 2 is 2.00 bits per heavy atom. The van der Waals surface area contributed by atoms with E-state index in [0.29, 0.717) is 12.5 Å². The van der Waals surface area contributed by atoms with E-state index in [-0.39, 0.29) is 18.4 Å². The molecule has 2 N–H and O–H groups in total. The van der Waals surface area contributed by atoms with Crippen LogP contribution < -0.4 is 5.32 Å². The maximum Gasteiger partial charge on any atom is 0.223 e. The molecule has 0 saturated carbocycles. The predicted octanol–water partition coefficient (Wildman–Crippen LogP) is 1.54. The first kappa shape index (κ1) is 13.1. The molecule has 0 bridgehead atoms. The first-order valence-electron chi connectivity index (χ1n) is 6.66. The highest BCUT2D eigenvalue weighted by molar-refractivity contribution is 5.80. The minimum absolute atomic E-state index is 0.0868. The van der Waals surface area contributed by atoms with Crippen molar-refractivity contribution < 1.29 is 9.90 Å². The first-order valence-corrected chi connectivity index (χ1v) is 6.66. The predicted molar refractivity (Wildman–Crippen MR) is 71.2 cm³/mol. The van der Waals surface area contributed by atoms with Gasteiger partial charge in [0.05, 0.1) is 0 Å². The monoisotopic (exact) mass is 247 g/mol. The largest absolute Gasteiger partial charge is 0.396 e. The quantitative estimate of drug-likeness (QED) is 0.829. The van der Waals surface area contributed by atoms with Crippen LogP contribution in [0.5, 0.6) is 0 Å². The van der Waals surface area contributed by atoms with Crippen molar-refractivity contribution in [3.63, 3.8) is 0 Å². The van der Waals surface area contributed by atoms with Gasteiger partial charge in [0.1, 0.15) is 0 Å². The Labute approximate surface area is 108 Å². The highest BCUT2D eigenvalue weighted by Gasteiger charge is 2.26. The molecule has 0 radical (unpaired) electrons. The van der Waals surface area contributed by atoms with E-state index in [1.807, 2.05) is 19.1 Å². The fraction of sp³-hybridized carbons (Fsp3) is 0.533. The van der Waals surface area contributed by atoms with Crippen LogP contribution in [0.4, 0.5) is 0 Å². The summed E-state index contributed by atoms with van der Waals surface area (Å²) in [5, 5.41) is 11.8. The van der Waals surface area contributed by atoms with Crippen molar-refractivity contribution in [2.45, 2.75) is 26.2 Å². The zero-order valence-corrected chi connectivity index (χ0v) is 10.9. The van der Waals surface area contributed by atoms with E-state index in [1.54, 1.807) is 0 Å².